The first-order valence-electron chi connectivity index (χ1n) is 13.0. The van der Waals surface area contributed by atoms with Crippen LogP contribution in [0.15, 0.2) is 75.9 Å². The van der Waals surface area contributed by atoms with Gasteiger partial charge >= 0.3 is 0 Å². The Kier molecular flexibility index (Phi) is 7.41. The van der Waals surface area contributed by atoms with Crippen molar-refractivity contribution in [1.82, 2.24) is 15.0 Å². The Bertz CT molecular complexity index is 1550. The van der Waals surface area contributed by atoms with Crippen molar-refractivity contribution in [2.45, 2.75) is 31.7 Å². The van der Waals surface area contributed by atoms with Gasteiger partial charge in [0.05, 0.1) is 23.4 Å². The van der Waals surface area contributed by atoms with E-state index in [1.54, 1.807) is 29.8 Å². The van der Waals surface area contributed by atoms with Crippen LogP contribution in [-0.2, 0) is 4.79 Å². The zero-order valence-electron chi connectivity index (χ0n) is 21.9. The largest absolute Gasteiger partial charge is 0.497 e. The van der Waals surface area contributed by atoms with E-state index in [-0.39, 0.29) is 6.04 Å². The van der Waals surface area contributed by atoms with Crippen molar-refractivity contribution in [3.63, 3.8) is 0 Å². The van der Waals surface area contributed by atoms with E-state index in [9.17, 15) is 4.79 Å². The van der Waals surface area contributed by atoms with Gasteiger partial charge in [-0.15, -0.1) is 22.7 Å². The van der Waals surface area contributed by atoms with Crippen LogP contribution in [0.1, 0.15) is 40.4 Å². The lowest BCUT2D eigenvalue weighted by Gasteiger charge is -2.34. The molecule has 1 aliphatic rings. The number of hydrogen-bond acceptors (Lipinski definition) is 8. The molecule has 1 aliphatic heterocycles. The van der Waals surface area contributed by atoms with E-state index in [1.165, 1.54) is 0 Å². The minimum absolute atomic E-state index is 0.145. The number of aldehydes is 1. The van der Waals surface area contributed by atoms with Gasteiger partial charge in [-0.2, -0.15) is 0 Å². The minimum atomic E-state index is -0.145. The summed E-state index contributed by atoms with van der Waals surface area (Å²) >= 11 is 3.35. The molecule has 1 atom stereocenters. The highest BCUT2D eigenvalue weighted by Crippen LogP contribution is 2.39. The second kappa shape index (κ2) is 11.3. The SMILES string of the molecule is COc1ccc(-c2cccc(-c3noc(C)c3-c3csc(C4CCN(C(C=O)c5cccs5)CC4)n3)c2)cc1. The molecule has 0 aliphatic carbocycles. The number of thiophene rings is 1. The van der Waals surface area contributed by atoms with Crippen LogP contribution in [-0.4, -0.2) is 41.5 Å². The molecule has 6 nitrogen and oxygen atoms in total. The third-order valence-corrected chi connectivity index (χ3v) is 9.39. The molecule has 0 saturated carbocycles. The molecule has 0 bridgehead atoms. The smallest absolute Gasteiger partial charge is 0.143 e. The molecular weight excluding hydrogens is 526 g/mol. The summed E-state index contributed by atoms with van der Waals surface area (Å²) in [6.45, 7) is 3.72. The Balaban J connectivity index is 1.21. The van der Waals surface area contributed by atoms with Crippen LogP contribution in [0, 0.1) is 6.92 Å². The van der Waals surface area contributed by atoms with Crippen molar-refractivity contribution in [3.05, 3.63) is 87.1 Å². The van der Waals surface area contributed by atoms with Crippen LogP contribution in [0.3, 0.4) is 0 Å². The van der Waals surface area contributed by atoms with Gasteiger partial charge in [0.1, 0.15) is 29.5 Å². The fourth-order valence-electron chi connectivity index (χ4n) is 5.31. The van der Waals surface area contributed by atoms with Gasteiger partial charge in [-0.05, 0) is 73.6 Å². The number of methoxy groups -OCH3 is 1. The second-order valence-electron chi connectivity index (χ2n) is 9.75. The van der Waals surface area contributed by atoms with Crippen LogP contribution < -0.4 is 4.74 Å². The normalized spacial score (nSPS) is 15.3. The summed E-state index contributed by atoms with van der Waals surface area (Å²) in [5.74, 6) is 1.98. The van der Waals surface area contributed by atoms with Crippen molar-refractivity contribution in [2.24, 2.45) is 0 Å². The van der Waals surface area contributed by atoms with Gasteiger partial charge in [-0.1, -0.05) is 41.6 Å². The molecule has 0 radical (unpaired) electrons. The first-order chi connectivity index (χ1) is 19.1. The highest BCUT2D eigenvalue weighted by atomic mass is 32.1. The number of likely N-dealkylation sites (tertiary alicyclic amines) is 1. The highest BCUT2D eigenvalue weighted by Gasteiger charge is 2.29. The number of aromatic nitrogens is 2. The van der Waals surface area contributed by atoms with Crippen LogP contribution >= 0.6 is 22.7 Å². The Labute approximate surface area is 235 Å². The number of hydrogen-bond donors (Lipinski definition) is 0. The average Bonchev–Trinajstić information content (AvgIpc) is 3.76. The lowest BCUT2D eigenvalue weighted by atomic mass is 9.96. The molecule has 5 aromatic rings. The predicted molar refractivity (Wildman–Crippen MR) is 156 cm³/mol. The second-order valence-corrected chi connectivity index (χ2v) is 11.6. The summed E-state index contributed by atoms with van der Waals surface area (Å²) in [6, 6.07) is 20.3. The minimum Gasteiger partial charge on any atom is -0.497 e. The zero-order chi connectivity index (χ0) is 26.8. The topological polar surface area (TPSA) is 68.5 Å². The maximum Gasteiger partial charge on any atom is 0.143 e. The average molecular weight is 556 g/mol. The van der Waals surface area contributed by atoms with Crippen LogP contribution in [0.25, 0.3) is 33.6 Å². The standard InChI is InChI=1S/C31H29N3O3S2/c1-20-29(30(33-37-20)24-6-3-5-23(17-24)21-8-10-25(36-2)11-9-21)26-19-39-31(32-26)22-12-14-34(15-13-22)27(18-35)28-7-4-16-38-28/h3-11,16-19,22,27H,12-15H2,1-2H3. The molecule has 3 aromatic heterocycles. The quantitative estimate of drug-likeness (QED) is 0.183. The molecule has 8 heteroatoms. The molecule has 2 aromatic carbocycles. The summed E-state index contributed by atoms with van der Waals surface area (Å²) < 4.78 is 11.0. The zero-order valence-corrected chi connectivity index (χ0v) is 23.5. The number of rotatable bonds is 8. The number of carbonyl (C=O) groups is 1. The fourth-order valence-corrected chi connectivity index (χ4v) is 7.11. The van der Waals surface area contributed by atoms with Crippen molar-refractivity contribution >= 4 is 29.0 Å². The third-order valence-electron chi connectivity index (χ3n) is 7.44. The van der Waals surface area contributed by atoms with E-state index in [0.29, 0.717) is 5.92 Å². The van der Waals surface area contributed by atoms with E-state index in [4.69, 9.17) is 14.2 Å². The van der Waals surface area contributed by atoms with E-state index >= 15 is 0 Å². The summed E-state index contributed by atoms with van der Waals surface area (Å²) in [7, 11) is 1.67. The van der Waals surface area contributed by atoms with Gasteiger partial charge < -0.3 is 14.1 Å². The molecule has 1 unspecified atom stereocenters. The molecule has 0 spiro atoms. The summed E-state index contributed by atoms with van der Waals surface area (Å²) in [5, 5.41) is 9.74. The molecule has 6 rings (SSSR count). The van der Waals surface area contributed by atoms with Crippen LogP contribution in [0.5, 0.6) is 5.75 Å². The van der Waals surface area contributed by atoms with Crippen LogP contribution in [0.4, 0.5) is 0 Å². The van der Waals surface area contributed by atoms with Gasteiger partial charge in [0.25, 0.3) is 0 Å². The molecule has 0 N–H and O–H groups in total. The predicted octanol–water partition coefficient (Wildman–Crippen LogP) is 7.63. The highest BCUT2D eigenvalue weighted by molar-refractivity contribution is 7.10. The Hall–Kier alpha value is -3.59. The summed E-state index contributed by atoms with van der Waals surface area (Å²) in [5.41, 5.74) is 5.86. The molecule has 1 fully saturated rings. The van der Waals surface area contributed by atoms with E-state index in [2.05, 4.69) is 51.8 Å². The monoisotopic (exact) mass is 555 g/mol. The number of benzene rings is 2. The first-order valence-corrected chi connectivity index (χ1v) is 14.8. The lowest BCUT2D eigenvalue weighted by molar-refractivity contribution is -0.113. The maximum atomic E-state index is 11.8. The van der Waals surface area contributed by atoms with Crippen LogP contribution in [0.2, 0.25) is 0 Å². The number of aryl methyl sites for hydroxylation is 1. The molecule has 0 amide bonds. The summed E-state index contributed by atoms with van der Waals surface area (Å²) in [4.78, 5) is 20.3. The van der Waals surface area contributed by atoms with Gasteiger partial charge in [0.2, 0.25) is 0 Å². The van der Waals surface area contributed by atoms with Gasteiger partial charge in [0.15, 0.2) is 0 Å². The Morgan fingerprint density at radius 1 is 1.03 bits per heavy atom. The molecule has 39 heavy (non-hydrogen) atoms. The fraction of sp³-hybridized carbons (Fsp3) is 0.258. The number of piperidine rings is 1. The lowest BCUT2D eigenvalue weighted by Crippen LogP contribution is -2.36. The van der Waals surface area contributed by atoms with Gasteiger partial charge in [-0.3, -0.25) is 4.90 Å². The third kappa shape index (κ3) is 5.20. The summed E-state index contributed by atoms with van der Waals surface area (Å²) in [6.07, 6.45) is 3.05. The molecule has 1 saturated heterocycles. The molecule has 4 heterocycles. The van der Waals surface area contributed by atoms with Crippen molar-refractivity contribution in [1.29, 1.82) is 0 Å². The number of thiazole rings is 1. The van der Waals surface area contributed by atoms with Gasteiger partial charge in [-0.25, -0.2) is 4.98 Å². The first kappa shape index (κ1) is 25.7. The van der Waals surface area contributed by atoms with Crippen molar-refractivity contribution in [3.8, 4) is 39.4 Å². The van der Waals surface area contributed by atoms with E-state index in [0.717, 1.165) is 87.3 Å². The van der Waals surface area contributed by atoms with Crippen molar-refractivity contribution in [2.75, 3.05) is 20.2 Å². The molecule has 198 valence electrons. The van der Waals surface area contributed by atoms with E-state index < -0.39 is 0 Å². The van der Waals surface area contributed by atoms with Gasteiger partial charge in [0, 0.05) is 21.7 Å². The van der Waals surface area contributed by atoms with E-state index in [1.807, 2.05) is 36.6 Å². The number of ether oxygens (including phenoxy) is 1. The molecular formula is C31H29N3O3S2. The Morgan fingerprint density at radius 2 is 1.82 bits per heavy atom. The van der Waals surface area contributed by atoms with Crippen molar-refractivity contribution < 1.29 is 14.1 Å². The number of carbonyl (C=O) groups excluding carboxylic acids is 1. The Morgan fingerprint density at radius 3 is 2.54 bits per heavy atom. The maximum absolute atomic E-state index is 11.8. The number of nitrogens with zero attached hydrogens (tertiary/aromatic N) is 3.